The molecule has 1 atom stereocenters. The highest BCUT2D eigenvalue weighted by Crippen LogP contribution is 2.37. The van der Waals surface area contributed by atoms with Crippen molar-refractivity contribution in [1.29, 1.82) is 0 Å². The topological polar surface area (TPSA) is 21.3 Å². The Bertz CT molecular complexity index is 142. The summed E-state index contributed by atoms with van der Waals surface area (Å²) < 4.78 is 5.31. The van der Waals surface area contributed by atoms with Crippen molar-refractivity contribution in [3.63, 3.8) is 0 Å². The third kappa shape index (κ3) is 1.50. The molecule has 0 spiro atoms. The first kappa shape index (κ1) is 8.52. The third-order valence-electron chi connectivity index (χ3n) is 3.41. The summed E-state index contributed by atoms with van der Waals surface area (Å²) in [6, 6.07) is 0.786. The van der Waals surface area contributed by atoms with E-state index in [4.69, 9.17) is 4.74 Å². The van der Waals surface area contributed by atoms with Gasteiger partial charge in [0.05, 0.1) is 13.2 Å². The molecule has 12 heavy (non-hydrogen) atoms. The van der Waals surface area contributed by atoms with E-state index in [1.165, 1.54) is 32.2 Å². The van der Waals surface area contributed by atoms with E-state index in [2.05, 4.69) is 12.2 Å². The minimum atomic E-state index is 0.544. The minimum absolute atomic E-state index is 0.544. The van der Waals surface area contributed by atoms with Gasteiger partial charge < -0.3 is 10.1 Å². The van der Waals surface area contributed by atoms with Crippen LogP contribution in [-0.4, -0.2) is 25.8 Å². The summed E-state index contributed by atoms with van der Waals surface area (Å²) in [7, 11) is 0. The van der Waals surface area contributed by atoms with E-state index < -0.39 is 0 Å². The monoisotopic (exact) mass is 169 g/mol. The van der Waals surface area contributed by atoms with Gasteiger partial charge in [0.15, 0.2) is 0 Å². The molecule has 2 heterocycles. The van der Waals surface area contributed by atoms with Crippen LogP contribution in [0.1, 0.15) is 32.6 Å². The fourth-order valence-electron chi connectivity index (χ4n) is 2.31. The number of ether oxygens (including phenoxy) is 1. The highest BCUT2D eigenvalue weighted by Gasteiger charge is 2.39. The first-order valence-corrected chi connectivity index (χ1v) is 5.16. The van der Waals surface area contributed by atoms with Crippen LogP contribution in [0, 0.1) is 5.41 Å². The molecule has 0 amide bonds. The van der Waals surface area contributed by atoms with E-state index in [1.807, 2.05) is 0 Å². The molecule has 2 nitrogen and oxygen atoms in total. The fourth-order valence-corrected chi connectivity index (χ4v) is 2.31. The van der Waals surface area contributed by atoms with Crippen LogP contribution in [0.25, 0.3) is 0 Å². The van der Waals surface area contributed by atoms with Gasteiger partial charge in [0.1, 0.15) is 0 Å². The van der Waals surface area contributed by atoms with Crippen molar-refractivity contribution in [3.8, 4) is 0 Å². The molecule has 1 N–H and O–H groups in total. The molecule has 0 radical (unpaired) electrons. The average Bonchev–Trinajstić information content (AvgIpc) is 2.49. The molecular formula is C10H19NO. The van der Waals surface area contributed by atoms with Gasteiger partial charge in [-0.05, 0) is 32.2 Å². The van der Waals surface area contributed by atoms with Crippen LogP contribution >= 0.6 is 0 Å². The van der Waals surface area contributed by atoms with Crippen LogP contribution in [-0.2, 0) is 4.74 Å². The zero-order valence-electron chi connectivity index (χ0n) is 7.94. The molecule has 70 valence electrons. The quantitative estimate of drug-likeness (QED) is 0.692. The van der Waals surface area contributed by atoms with E-state index in [0.717, 1.165) is 19.3 Å². The Morgan fingerprint density at radius 2 is 2.33 bits per heavy atom. The zero-order chi connectivity index (χ0) is 8.44. The Morgan fingerprint density at radius 1 is 1.50 bits per heavy atom. The van der Waals surface area contributed by atoms with Crippen molar-refractivity contribution in [3.05, 3.63) is 0 Å². The predicted molar refractivity (Wildman–Crippen MR) is 49.2 cm³/mol. The Hall–Kier alpha value is -0.0800. The molecule has 0 aliphatic carbocycles. The highest BCUT2D eigenvalue weighted by molar-refractivity contribution is 4.90. The van der Waals surface area contributed by atoms with Gasteiger partial charge in [-0.15, -0.1) is 0 Å². The van der Waals surface area contributed by atoms with Gasteiger partial charge in [-0.3, -0.25) is 0 Å². The SMILES string of the molecule is CCC1(CC2CCCN2)COC1. The van der Waals surface area contributed by atoms with Crippen LogP contribution in [0.5, 0.6) is 0 Å². The third-order valence-corrected chi connectivity index (χ3v) is 3.41. The zero-order valence-corrected chi connectivity index (χ0v) is 7.94. The first-order valence-electron chi connectivity index (χ1n) is 5.16. The van der Waals surface area contributed by atoms with Gasteiger partial charge in [0, 0.05) is 11.5 Å². The van der Waals surface area contributed by atoms with E-state index >= 15 is 0 Å². The van der Waals surface area contributed by atoms with Crippen LogP contribution in [0.2, 0.25) is 0 Å². The van der Waals surface area contributed by atoms with Crippen LogP contribution in [0.3, 0.4) is 0 Å². The molecular weight excluding hydrogens is 150 g/mol. The maximum atomic E-state index is 5.31. The van der Waals surface area contributed by atoms with E-state index in [9.17, 15) is 0 Å². The van der Waals surface area contributed by atoms with Crippen LogP contribution < -0.4 is 5.32 Å². The maximum Gasteiger partial charge on any atom is 0.0545 e. The summed E-state index contributed by atoms with van der Waals surface area (Å²) in [6.07, 6.45) is 5.36. The molecule has 2 saturated heterocycles. The Kier molecular flexibility index (Phi) is 2.37. The van der Waals surface area contributed by atoms with Crippen molar-refractivity contribution in [2.45, 2.75) is 38.6 Å². The number of hydrogen-bond donors (Lipinski definition) is 1. The molecule has 0 bridgehead atoms. The average molecular weight is 169 g/mol. The second-order valence-electron chi connectivity index (χ2n) is 4.34. The Labute approximate surface area is 74.7 Å². The normalized spacial score (nSPS) is 33.2. The molecule has 1 unspecified atom stereocenters. The molecule has 2 fully saturated rings. The van der Waals surface area contributed by atoms with Crippen LogP contribution in [0.15, 0.2) is 0 Å². The lowest BCUT2D eigenvalue weighted by Crippen LogP contribution is -2.45. The van der Waals surface area contributed by atoms with Crippen molar-refractivity contribution < 1.29 is 4.74 Å². The number of hydrogen-bond acceptors (Lipinski definition) is 2. The molecule has 0 saturated carbocycles. The second-order valence-corrected chi connectivity index (χ2v) is 4.34. The summed E-state index contributed by atoms with van der Waals surface area (Å²) in [5, 5.41) is 3.56. The summed E-state index contributed by atoms with van der Waals surface area (Å²) in [4.78, 5) is 0. The summed E-state index contributed by atoms with van der Waals surface area (Å²) in [6.45, 7) is 5.52. The Balaban J connectivity index is 1.83. The smallest absolute Gasteiger partial charge is 0.0545 e. The van der Waals surface area contributed by atoms with Crippen molar-refractivity contribution in [2.75, 3.05) is 19.8 Å². The van der Waals surface area contributed by atoms with Gasteiger partial charge in [-0.2, -0.15) is 0 Å². The molecule has 2 heteroatoms. The number of rotatable bonds is 3. The summed E-state index contributed by atoms with van der Waals surface area (Å²) >= 11 is 0. The largest absolute Gasteiger partial charge is 0.380 e. The number of nitrogens with one attached hydrogen (secondary N) is 1. The van der Waals surface area contributed by atoms with Gasteiger partial charge in [0.25, 0.3) is 0 Å². The Morgan fingerprint density at radius 3 is 2.75 bits per heavy atom. The maximum absolute atomic E-state index is 5.31. The standard InChI is InChI=1S/C10H19NO/c1-2-10(7-12-8-10)6-9-4-3-5-11-9/h9,11H,2-8H2,1H3. The van der Waals surface area contributed by atoms with Gasteiger partial charge >= 0.3 is 0 Å². The lowest BCUT2D eigenvalue weighted by Gasteiger charge is -2.42. The van der Waals surface area contributed by atoms with Gasteiger partial charge in [-0.25, -0.2) is 0 Å². The van der Waals surface area contributed by atoms with E-state index in [1.54, 1.807) is 0 Å². The van der Waals surface area contributed by atoms with E-state index in [-0.39, 0.29) is 0 Å². The van der Waals surface area contributed by atoms with Crippen molar-refractivity contribution in [2.24, 2.45) is 5.41 Å². The second kappa shape index (κ2) is 3.35. The molecule has 0 aromatic heterocycles. The summed E-state index contributed by atoms with van der Waals surface area (Å²) in [5.74, 6) is 0. The van der Waals surface area contributed by atoms with E-state index in [0.29, 0.717) is 5.41 Å². The molecule has 0 aromatic rings. The molecule has 2 aliphatic heterocycles. The minimum Gasteiger partial charge on any atom is -0.380 e. The first-order chi connectivity index (χ1) is 5.85. The summed E-state index contributed by atoms with van der Waals surface area (Å²) in [5.41, 5.74) is 0.544. The van der Waals surface area contributed by atoms with Crippen molar-refractivity contribution in [1.82, 2.24) is 5.32 Å². The molecule has 2 aliphatic rings. The lowest BCUT2D eigenvalue weighted by atomic mass is 9.77. The highest BCUT2D eigenvalue weighted by atomic mass is 16.5. The molecule has 2 rings (SSSR count). The predicted octanol–water partition coefficient (Wildman–Crippen LogP) is 1.56. The van der Waals surface area contributed by atoms with Gasteiger partial charge in [0.2, 0.25) is 0 Å². The fraction of sp³-hybridized carbons (Fsp3) is 1.00. The van der Waals surface area contributed by atoms with Crippen LogP contribution in [0.4, 0.5) is 0 Å². The van der Waals surface area contributed by atoms with Gasteiger partial charge in [-0.1, -0.05) is 6.92 Å². The molecule has 0 aromatic carbocycles. The van der Waals surface area contributed by atoms with Crippen molar-refractivity contribution >= 4 is 0 Å². The lowest BCUT2D eigenvalue weighted by molar-refractivity contribution is -0.122.